The first kappa shape index (κ1) is 14.2. The van der Waals surface area contributed by atoms with Crippen molar-refractivity contribution in [2.45, 2.75) is 57.4 Å². The van der Waals surface area contributed by atoms with Crippen molar-refractivity contribution in [2.24, 2.45) is 0 Å². The summed E-state index contributed by atoms with van der Waals surface area (Å²) in [6.07, 6.45) is 6.01. The monoisotopic (exact) mass is 264 g/mol. The van der Waals surface area contributed by atoms with Crippen molar-refractivity contribution in [3.8, 4) is 0 Å². The number of rotatable bonds is 5. The summed E-state index contributed by atoms with van der Waals surface area (Å²) < 4.78 is 16.9. The molecule has 2 fully saturated rings. The summed E-state index contributed by atoms with van der Waals surface area (Å²) in [4.78, 5) is 11.0. The lowest BCUT2D eigenvalue weighted by molar-refractivity contribution is -0.198. The maximum atomic E-state index is 11.0. The highest BCUT2D eigenvalue weighted by atomic mass is 16.8. The van der Waals surface area contributed by atoms with E-state index in [0.29, 0.717) is 0 Å². The fourth-order valence-electron chi connectivity index (χ4n) is 2.24. The molecule has 0 aromatic carbocycles. The molecule has 0 aliphatic carbocycles. The number of carbonyl (C=O) groups excluding carboxylic acids is 1. The Balaban J connectivity index is 2.09. The van der Waals surface area contributed by atoms with Crippen LogP contribution in [-0.2, 0) is 19.0 Å². The summed E-state index contributed by atoms with van der Waals surface area (Å²) in [5.41, 5.74) is 3.87. The molecule has 0 unspecified atom stereocenters. The first-order valence-electron chi connectivity index (χ1n) is 6.59. The van der Waals surface area contributed by atoms with Crippen LogP contribution in [-0.4, -0.2) is 30.6 Å². The SMILES string of the molecule is C=CCCCC=C=C1[C@H]2OC(C)(C)O[C@H]2O[C@@H]1C=O. The molecule has 0 N–H and O–H groups in total. The van der Waals surface area contributed by atoms with Gasteiger partial charge in [0.05, 0.1) is 0 Å². The average Bonchev–Trinajstić information content (AvgIpc) is 2.81. The second-order valence-electron chi connectivity index (χ2n) is 5.14. The molecule has 19 heavy (non-hydrogen) atoms. The Hall–Kier alpha value is -1.19. The van der Waals surface area contributed by atoms with Gasteiger partial charge in [-0.25, -0.2) is 0 Å². The highest BCUT2D eigenvalue weighted by Gasteiger charge is 2.51. The molecule has 2 heterocycles. The highest BCUT2D eigenvalue weighted by Crippen LogP contribution is 2.39. The molecule has 4 heteroatoms. The molecule has 0 bridgehead atoms. The lowest BCUT2D eigenvalue weighted by Crippen LogP contribution is -2.25. The Morgan fingerprint density at radius 2 is 2.16 bits per heavy atom. The number of fused-ring (bicyclic) bond motifs is 1. The largest absolute Gasteiger partial charge is 0.337 e. The Kier molecular flexibility index (Phi) is 4.38. The van der Waals surface area contributed by atoms with Crippen molar-refractivity contribution in [2.75, 3.05) is 0 Å². The van der Waals surface area contributed by atoms with Crippen LogP contribution < -0.4 is 0 Å². The smallest absolute Gasteiger partial charge is 0.193 e. The van der Waals surface area contributed by atoms with Crippen molar-refractivity contribution in [3.05, 3.63) is 30.0 Å². The quantitative estimate of drug-likeness (QED) is 0.331. The van der Waals surface area contributed by atoms with E-state index in [1.165, 1.54) is 0 Å². The van der Waals surface area contributed by atoms with E-state index in [1.807, 2.05) is 26.0 Å². The predicted octanol–water partition coefficient (Wildman–Crippen LogP) is 2.50. The van der Waals surface area contributed by atoms with E-state index in [-0.39, 0.29) is 6.10 Å². The molecule has 2 rings (SSSR count). The molecular formula is C15H20O4. The maximum absolute atomic E-state index is 11.0. The molecule has 0 amide bonds. The van der Waals surface area contributed by atoms with E-state index in [2.05, 4.69) is 12.3 Å². The van der Waals surface area contributed by atoms with Crippen molar-refractivity contribution in [1.82, 2.24) is 0 Å². The number of unbranched alkanes of at least 4 members (excludes halogenated alkanes) is 2. The summed E-state index contributed by atoms with van der Waals surface area (Å²) >= 11 is 0. The second-order valence-corrected chi connectivity index (χ2v) is 5.14. The highest BCUT2D eigenvalue weighted by molar-refractivity contribution is 5.63. The summed E-state index contributed by atoms with van der Waals surface area (Å²) in [7, 11) is 0. The van der Waals surface area contributed by atoms with Crippen LogP contribution in [0.3, 0.4) is 0 Å². The zero-order valence-corrected chi connectivity index (χ0v) is 11.4. The van der Waals surface area contributed by atoms with Gasteiger partial charge in [0.2, 0.25) is 0 Å². The molecule has 3 atom stereocenters. The first-order chi connectivity index (χ1) is 9.07. The minimum atomic E-state index is -0.682. The number of hydrogen-bond acceptors (Lipinski definition) is 4. The van der Waals surface area contributed by atoms with Crippen LogP contribution in [0.2, 0.25) is 0 Å². The van der Waals surface area contributed by atoms with Gasteiger partial charge in [0, 0.05) is 5.57 Å². The Morgan fingerprint density at radius 1 is 1.37 bits per heavy atom. The molecule has 0 saturated carbocycles. The molecule has 0 aromatic heterocycles. The predicted molar refractivity (Wildman–Crippen MR) is 70.4 cm³/mol. The summed E-state index contributed by atoms with van der Waals surface area (Å²) in [6.45, 7) is 7.34. The molecular weight excluding hydrogens is 244 g/mol. The van der Waals surface area contributed by atoms with Crippen LogP contribution in [0.5, 0.6) is 0 Å². The minimum absolute atomic E-state index is 0.333. The van der Waals surface area contributed by atoms with Crippen molar-refractivity contribution in [3.63, 3.8) is 0 Å². The maximum Gasteiger partial charge on any atom is 0.193 e. The fraction of sp³-hybridized carbons (Fsp3) is 0.600. The Morgan fingerprint density at radius 3 is 2.84 bits per heavy atom. The summed E-state index contributed by atoms with van der Waals surface area (Å²) in [6, 6.07) is 0. The van der Waals surface area contributed by atoms with E-state index < -0.39 is 18.2 Å². The number of carbonyl (C=O) groups is 1. The van der Waals surface area contributed by atoms with Gasteiger partial charge in [-0.1, -0.05) is 6.08 Å². The molecule has 2 saturated heterocycles. The third-order valence-corrected chi connectivity index (χ3v) is 3.10. The van der Waals surface area contributed by atoms with Gasteiger partial charge in [0.15, 0.2) is 18.4 Å². The number of allylic oxidation sites excluding steroid dienone is 1. The van der Waals surface area contributed by atoms with Crippen LogP contribution in [0, 0.1) is 0 Å². The van der Waals surface area contributed by atoms with Gasteiger partial charge in [-0.2, -0.15) is 0 Å². The van der Waals surface area contributed by atoms with E-state index in [9.17, 15) is 4.79 Å². The number of hydrogen-bond donors (Lipinski definition) is 0. The number of ether oxygens (including phenoxy) is 3. The average molecular weight is 264 g/mol. The van der Waals surface area contributed by atoms with Gasteiger partial charge in [-0.3, -0.25) is 0 Å². The van der Waals surface area contributed by atoms with Crippen LogP contribution in [0.15, 0.2) is 30.0 Å². The van der Waals surface area contributed by atoms with Gasteiger partial charge in [0.25, 0.3) is 0 Å². The fourth-order valence-corrected chi connectivity index (χ4v) is 2.24. The van der Waals surface area contributed by atoms with E-state index in [0.717, 1.165) is 31.1 Å². The molecule has 2 aliphatic heterocycles. The first-order valence-corrected chi connectivity index (χ1v) is 6.59. The van der Waals surface area contributed by atoms with Gasteiger partial charge < -0.3 is 19.0 Å². The summed E-state index contributed by atoms with van der Waals surface area (Å²) in [5.74, 6) is -0.682. The Labute approximate surface area is 113 Å². The lowest BCUT2D eigenvalue weighted by Gasteiger charge is -2.19. The zero-order chi connectivity index (χ0) is 13.9. The van der Waals surface area contributed by atoms with Crippen LogP contribution in [0.1, 0.15) is 33.1 Å². The normalized spacial score (nSPS) is 31.7. The van der Waals surface area contributed by atoms with Gasteiger partial charge in [-0.05, 0) is 39.2 Å². The summed E-state index contributed by atoms with van der Waals surface area (Å²) in [5, 5.41) is 0. The molecule has 0 radical (unpaired) electrons. The standard InChI is InChI=1S/C15H20O4/c1-4-5-6-7-8-9-11-12(10-16)17-14-13(11)18-15(2,3)19-14/h4,8,10,12-14H,1,5-7H2,2-3H3/t9?,12-,13-,14-/m1/s1. The van der Waals surface area contributed by atoms with E-state index in [1.54, 1.807) is 0 Å². The zero-order valence-electron chi connectivity index (χ0n) is 11.4. The topological polar surface area (TPSA) is 44.8 Å². The third-order valence-electron chi connectivity index (χ3n) is 3.10. The van der Waals surface area contributed by atoms with Gasteiger partial charge >= 0.3 is 0 Å². The molecule has 104 valence electrons. The lowest BCUT2D eigenvalue weighted by atomic mass is 10.1. The minimum Gasteiger partial charge on any atom is -0.337 e. The van der Waals surface area contributed by atoms with Crippen molar-refractivity contribution in [1.29, 1.82) is 0 Å². The van der Waals surface area contributed by atoms with Crippen molar-refractivity contribution >= 4 is 6.29 Å². The molecule has 0 aromatic rings. The van der Waals surface area contributed by atoms with Crippen LogP contribution in [0.25, 0.3) is 0 Å². The van der Waals surface area contributed by atoms with E-state index >= 15 is 0 Å². The van der Waals surface area contributed by atoms with Crippen LogP contribution >= 0.6 is 0 Å². The van der Waals surface area contributed by atoms with Gasteiger partial charge in [0.1, 0.15) is 12.2 Å². The third kappa shape index (κ3) is 3.23. The van der Waals surface area contributed by atoms with E-state index in [4.69, 9.17) is 14.2 Å². The molecule has 2 aliphatic rings. The van der Waals surface area contributed by atoms with Crippen LogP contribution in [0.4, 0.5) is 0 Å². The molecule has 4 nitrogen and oxygen atoms in total. The van der Waals surface area contributed by atoms with Crippen molar-refractivity contribution < 1.29 is 19.0 Å². The molecule has 0 spiro atoms. The second kappa shape index (κ2) is 5.85. The number of aldehydes is 1. The van der Waals surface area contributed by atoms with Gasteiger partial charge in [-0.15, -0.1) is 12.3 Å². The Bertz CT molecular complexity index is 418.